The quantitative estimate of drug-likeness (QED) is 0.206. The Morgan fingerprint density at radius 2 is 1.77 bits per heavy atom. The summed E-state index contributed by atoms with van der Waals surface area (Å²) in [4.78, 5) is 31.9. The van der Waals surface area contributed by atoms with Crippen molar-refractivity contribution in [2.45, 2.75) is 43.9 Å². The minimum absolute atomic E-state index is 0.127. The van der Waals surface area contributed by atoms with Crippen LogP contribution in [-0.4, -0.2) is 52.8 Å². The Balaban J connectivity index is 1.56. The first-order chi connectivity index (χ1) is 19.0. The Morgan fingerprint density at radius 3 is 2.42 bits per heavy atom. The molecule has 1 aliphatic carbocycles. The average Bonchev–Trinajstić information content (AvgIpc) is 3.36. The summed E-state index contributed by atoms with van der Waals surface area (Å²) in [7, 11) is 1.77. The Labute approximate surface area is 234 Å². The van der Waals surface area contributed by atoms with E-state index in [1.54, 1.807) is 37.6 Å². The minimum atomic E-state index is -4.71. The lowest BCUT2D eigenvalue weighted by molar-refractivity contribution is -0.887. The molecule has 1 amide bonds. The van der Waals surface area contributed by atoms with Crippen molar-refractivity contribution in [3.8, 4) is 5.75 Å². The van der Waals surface area contributed by atoms with Crippen LogP contribution in [0.5, 0.6) is 5.75 Å². The van der Waals surface area contributed by atoms with Gasteiger partial charge in [0.2, 0.25) is 0 Å². The fourth-order valence-corrected chi connectivity index (χ4v) is 6.55. The van der Waals surface area contributed by atoms with Gasteiger partial charge in [0.25, 0.3) is 0 Å². The number of fused-ring (bicyclic) bond motifs is 1. The average molecular weight is 575 g/mol. The van der Waals surface area contributed by atoms with Gasteiger partial charge in [-0.15, -0.1) is 0 Å². The van der Waals surface area contributed by atoms with Crippen LogP contribution in [0.15, 0.2) is 60.9 Å². The van der Waals surface area contributed by atoms with Crippen LogP contribution >= 0.6 is 11.6 Å². The highest BCUT2D eigenvalue weighted by Gasteiger charge is 2.51. The van der Waals surface area contributed by atoms with Crippen molar-refractivity contribution in [1.82, 2.24) is 4.98 Å². The maximum atomic E-state index is 14.5. The summed E-state index contributed by atoms with van der Waals surface area (Å²) in [5.41, 5.74) is 1.49. The highest BCUT2D eigenvalue weighted by Crippen LogP contribution is 2.47. The molecule has 1 fully saturated rings. The Hall–Kier alpha value is -3.63. The third-order valence-corrected chi connectivity index (χ3v) is 8.65. The van der Waals surface area contributed by atoms with Crippen molar-refractivity contribution in [2.75, 3.05) is 25.0 Å². The number of quaternary nitrogens is 1. The number of carbonyl (C=O) groups excluding carboxylic acids is 1. The number of alkyl halides is 3. The van der Waals surface area contributed by atoms with Gasteiger partial charge in [-0.05, 0) is 48.4 Å². The summed E-state index contributed by atoms with van der Waals surface area (Å²) in [6.07, 6.45) is -0.315. The molecule has 0 bridgehead atoms. The molecule has 0 saturated carbocycles. The van der Waals surface area contributed by atoms with E-state index < -0.39 is 34.9 Å². The second-order valence-corrected chi connectivity index (χ2v) is 10.7. The molecule has 3 aromatic rings. The Bertz CT molecular complexity index is 1430. The van der Waals surface area contributed by atoms with E-state index in [2.05, 4.69) is 9.88 Å². The molecule has 0 spiro atoms. The molecule has 1 unspecified atom stereocenters. The summed E-state index contributed by atoms with van der Waals surface area (Å²) in [6.45, 7) is 1.29. The van der Waals surface area contributed by atoms with E-state index in [1.807, 2.05) is 12.1 Å². The van der Waals surface area contributed by atoms with Gasteiger partial charge in [-0.2, -0.15) is 13.2 Å². The minimum Gasteiger partial charge on any atom is -0.449 e. The predicted molar refractivity (Wildman–Crippen MR) is 143 cm³/mol. The number of hydrogen-bond donors (Lipinski definition) is 1. The van der Waals surface area contributed by atoms with Gasteiger partial charge >= 0.3 is 18.2 Å². The number of amides is 1. The van der Waals surface area contributed by atoms with Crippen LogP contribution in [0.25, 0.3) is 0 Å². The lowest BCUT2D eigenvalue weighted by atomic mass is 9.93. The summed E-state index contributed by atoms with van der Waals surface area (Å²) in [5, 5.41) is 8.52. The van der Waals surface area contributed by atoms with Crippen LogP contribution in [0.3, 0.4) is 0 Å². The van der Waals surface area contributed by atoms with Crippen LogP contribution in [0.4, 0.5) is 23.7 Å². The molecule has 1 saturated heterocycles. The van der Waals surface area contributed by atoms with Gasteiger partial charge in [0.15, 0.2) is 0 Å². The monoisotopic (exact) mass is 574 g/mol. The fourth-order valence-electron chi connectivity index (χ4n) is 6.23. The number of halogens is 4. The molecular weight excluding hydrogens is 547 g/mol. The van der Waals surface area contributed by atoms with E-state index in [4.69, 9.17) is 21.4 Å². The maximum absolute atomic E-state index is 14.5. The number of pyridine rings is 1. The van der Waals surface area contributed by atoms with Gasteiger partial charge in [-0.1, -0.05) is 23.7 Å². The molecule has 2 heterocycles. The number of aromatic nitrogens is 1. The molecule has 1 aromatic heterocycles. The van der Waals surface area contributed by atoms with Crippen molar-refractivity contribution in [1.29, 1.82) is 0 Å². The van der Waals surface area contributed by atoms with E-state index >= 15 is 0 Å². The van der Waals surface area contributed by atoms with Crippen molar-refractivity contribution in [3.05, 3.63) is 88.2 Å². The zero-order valence-electron chi connectivity index (χ0n) is 21.7. The zero-order chi connectivity index (χ0) is 28.7. The summed E-state index contributed by atoms with van der Waals surface area (Å²) < 4.78 is 45.9. The number of carboxylic acid groups (broad SMARTS) is 1. The zero-order valence-corrected chi connectivity index (χ0v) is 22.5. The van der Waals surface area contributed by atoms with Crippen molar-refractivity contribution >= 4 is 29.4 Å². The lowest BCUT2D eigenvalue weighted by Gasteiger charge is -2.47. The fraction of sp³-hybridized carbons (Fsp3) is 0.345. The van der Waals surface area contributed by atoms with Gasteiger partial charge in [0, 0.05) is 56.0 Å². The molecule has 5 rings (SSSR count). The summed E-state index contributed by atoms with van der Waals surface area (Å²) in [5.74, 6) is -0.373. The van der Waals surface area contributed by atoms with Gasteiger partial charge in [-0.25, -0.2) is 14.1 Å². The standard InChI is InChI=1S/C29H27ClF3N3O4/c1-36(20-11-15-35(16-12-20)19-9-13-34-14-10-19,27(37)22-3-2-4-24(26(22)30)29(31,32)33)25-8-6-18-5-7-21(17-23(18)25)40-28(38)39/h2-5,7,9-10,13-14,17,20,25H,6,8,11-12,15-16H2,1H3/p+1/t25-,36?/m1/s1. The number of nitrogens with zero attached hydrogens (tertiary/aromatic N) is 3. The van der Waals surface area contributed by atoms with Crippen LogP contribution in [0, 0.1) is 0 Å². The van der Waals surface area contributed by atoms with Crippen LogP contribution in [0.2, 0.25) is 5.02 Å². The maximum Gasteiger partial charge on any atom is 0.511 e. The number of benzene rings is 2. The second-order valence-electron chi connectivity index (χ2n) is 10.3. The molecule has 11 heteroatoms. The molecule has 0 radical (unpaired) electrons. The molecule has 40 heavy (non-hydrogen) atoms. The molecule has 1 N–H and O–H groups in total. The highest BCUT2D eigenvalue weighted by atomic mass is 35.5. The number of hydrogen-bond acceptors (Lipinski definition) is 5. The topological polar surface area (TPSA) is 79.7 Å². The number of anilines is 1. The van der Waals surface area contributed by atoms with Gasteiger partial charge in [-0.3, -0.25) is 4.98 Å². The van der Waals surface area contributed by atoms with Crippen molar-refractivity contribution < 1.29 is 37.1 Å². The normalized spacial score (nSPS) is 19.1. The second kappa shape index (κ2) is 10.7. The summed E-state index contributed by atoms with van der Waals surface area (Å²) in [6, 6.07) is 11.6. The van der Waals surface area contributed by atoms with E-state index in [0.717, 1.165) is 22.9 Å². The molecule has 2 aliphatic rings. The molecule has 7 nitrogen and oxygen atoms in total. The number of aryl methyl sites for hydroxylation is 1. The smallest absolute Gasteiger partial charge is 0.449 e. The molecular formula is C29H28ClF3N3O4+. The first kappa shape index (κ1) is 27.9. The predicted octanol–water partition coefficient (Wildman–Crippen LogP) is 6.75. The van der Waals surface area contributed by atoms with E-state index in [1.165, 1.54) is 12.1 Å². The van der Waals surface area contributed by atoms with Crippen LogP contribution in [-0.2, 0) is 12.6 Å². The molecule has 1 aliphatic heterocycles. The highest BCUT2D eigenvalue weighted by molar-refractivity contribution is 6.34. The molecule has 2 atom stereocenters. The number of rotatable bonds is 5. The van der Waals surface area contributed by atoms with Gasteiger partial charge in [0.05, 0.1) is 29.2 Å². The van der Waals surface area contributed by atoms with E-state index in [-0.39, 0.29) is 21.8 Å². The van der Waals surface area contributed by atoms with E-state index in [9.17, 15) is 22.8 Å². The van der Waals surface area contributed by atoms with Crippen molar-refractivity contribution in [3.63, 3.8) is 0 Å². The summed E-state index contributed by atoms with van der Waals surface area (Å²) >= 11 is 6.28. The number of ether oxygens (including phenoxy) is 1. The Morgan fingerprint density at radius 1 is 1.07 bits per heavy atom. The van der Waals surface area contributed by atoms with Crippen molar-refractivity contribution in [2.24, 2.45) is 0 Å². The van der Waals surface area contributed by atoms with Gasteiger partial charge < -0.3 is 14.7 Å². The third kappa shape index (κ3) is 5.13. The SMILES string of the molecule is C[N+](C(=O)c1cccc(C(F)(F)F)c1Cl)(C1CCN(c2ccncc2)CC1)[C@@H]1CCc2ccc(OC(=O)O)cc21. The molecule has 2 aromatic carbocycles. The Kier molecular flexibility index (Phi) is 7.50. The number of carbonyl (C=O) groups is 2. The molecule has 210 valence electrons. The first-order valence-electron chi connectivity index (χ1n) is 12.9. The third-order valence-electron chi connectivity index (χ3n) is 8.24. The van der Waals surface area contributed by atoms with Crippen LogP contribution < -0.4 is 9.64 Å². The van der Waals surface area contributed by atoms with E-state index in [0.29, 0.717) is 38.8 Å². The number of piperidine rings is 1. The first-order valence-corrected chi connectivity index (χ1v) is 13.3. The largest absolute Gasteiger partial charge is 0.511 e. The van der Waals surface area contributed by atoms with Crippen LogP contribution in [0.1, 0.15) is 52.4 Å². The lowest BCUT2D eigenvalue weighted by Crippen LogP contribution is -2.60. The van der Waals surface area contributed by atoms with Gasteiger partial charge in [0.1, 0.15) is 11.8 Å².